The third-order valence-electron chi connectivity index (χ3n) is 3.47. The van der Waals surface area contributed by atoms with E-state index in [0.29, 0.717) is 6.61 Å². The van der Waals surface area contributed by atoms with Crippen LogP contribution in [0.1, 0.15) is 31.0 Å². The maximum absolute atomic E-state index is 12.0. The summed E-state index contributed by atoms with van der Waals surface area (Å²) in [5.41, 5.74) is 2.15. The van der Waals surface area contributed by atoms with Crippen LogP contribution in [0.25, 0.3) is 0 Å². The average Bonchev–Trinajstić information content (AvgIpc) is 2.93. The van der Waals surface area contributed by atoms with Crippen LogP contribution >= 0.6 is 0 Å². The summed E-state index contributed by atoms with van der Waals surface area (Å²) in [6, 6.07) is 7.41. The summed E-state index contributed by atoms with van der Waals surface area (Å²) in [6.45, 7) is 6.27. The molecule has 0 fully saturated rings. The summed E-state index contributed by atoms with van der Waals surface area (Å²) in [6.07, 6.45) is 3.63. The Kier molecular flexibility index (Phi) is 5.62. The van der Waals surface area contributed by atoms with Crippen molar-refractivity contribution in [2.24, 2.45) is 7.05 Å². The van der Waals surface area contributed by atoms with Gasteiger partial charge in [-0.15, -0.1) is 0 Å². The number of rotatable bonds is 6. The Balaban J connectivity index is 1.74. The number of hydrogen-bond donors (Lipinski definition) is 2. The number of benzene rings is 1. The maximum Gasteiger partial charge on any atom is 0.315 e. The number of carbonyl (C=O) groups excluding carboxylic acids is 1. The highest BCUT2D eigenvalue weighted by atomic mass is 16.5. The van der Waals surface area contributed by atoms with Gasteiger partial charge in [-0.05, 0) is 32.9 Å². The van der Waals surface area contributed by atoms with Gasteiger partial charge in [0.1, 0.15) is 12.4 Å². The van der Waals surface area contributed by atoms with Crippen LogP contribution in [-0.4, -0.2) is 28.5 Å². The number of ether oxygens (including phenoxy) is 1. The molecule has 0 spiro atoms. The standard InChI is InChI=1S/C17H24N4O2/c1-12-5-7-16(8-6-12)23-11-13(2)19-17(22)20-14(3)15-9-18-21(4)10-15/h5-10,13-14H,11H2,1-4H3,(H2,19,20,22). The van der Waals surface area contributed by atoms with Gasteiger partial charge in [0.05, 0.1) is 18.3 Å². The summed E-state index contributed by atoms with van der Waals surface area (Å²) >= 11 is 0. The largest absolute Gasteiger partial charge is 0.491 e. The minimum absolute atomic E-state index is 0.0996. The molecule has 1 aromatic carbocycles. The molecule has 2 atom stereocenters. The molecule has 0 aliphatic carbocycles. The SMILES string of the molecule is Cc1ccc(OCC(C)NC(=O)NC(C)c2cnn(C)c2)cc1. The Labute approximate surface area is 136 Å². The summed E-state index contributed by atoms with van der Waals surface area (Å²) in [5, 5.41) is 9.85. The molecule has 2 aromatic rings. The molecule has 124 valence electrons. The normalized spacial score (nSPS) is 13.2. The van der Waals surface area contributed by atoms with Crippen molar-refractivity contribution in [2.75, 3.05) is 6.61 Å². The molecule has 1 heterocycles. The molecule has 0 saturated carbocycles. The van der Waals surface area contributed by atoms with Crippen molar-refractivity contribution < 1.29 is 9.53 Å². The van der Waals surface area contributed by atoms with E-state index in [-0.39, 0.29) is 18.1 Å². The van der Waals surface area contributed by atoms with Gasteiger partial charge in [0.15, 0.2) is 0 Å². The lowest BCUT2D eigenvalue weighted by Crippen LogP contribution is -2.44. The minimum Gasteiger partial charge on any atom is -0.491 e. The van der Waals surface area contributed by atoms with Crippen LogP contribution in [0.3, 0.4) is 0 Å². The summed E-state index contributed by atoms with van der Waals surface area (Å²) in [7, 11) is 1.85. The first-order valence-electron chi connectivity index (χ1n) is 7.69. The number of amides is 2. The monoisotopic (exact) mass is 316 g/mol. The van der Waals surface area contributed by atoms with E-state index in [1.807, 2.05) is 58.3 Å². The molecule has 2 rings (SSSR count). The Morgan fingerprint density at radius 1 is 1.26 bits per heavy atom. The van der Waals surface area contributed by atoms with Gasteiger partial charge in [0.25, 0.3) is 0 Å². The lowest BCUT2D eigenvalue weighted by Gasteiger charge is -2.18. The van der Waals surface area contributed by atoms with E-state index in [9.17, 15) is 4.79 Å². The van der Waals surface area contributed by atoms with E-state index >= 15 is 0 Å². The van der Waals surface area contributed by atoms with Crippen molar-refractivity contribution in [2.45, 2.75) is 32.9 Å². The smallest absolute Gasteiger partial charge is 0.315 e. The summed E-state index contributed by atoms with van der Waals surface area (Å²) in [5.74, 6) is 0.799. The molecular weight excluding hydrogens is 292 g/mol. The summed E-state index contributed by atoms with van der Waals surface area (Å²) < 4.78 is 7.37. The number of aryl methyl sites for hydroxylation is 2. The maximum atomic E-state index is 12.0. The zero-order chi connectivity index (χ0) is 16.8. The van der Waals surface area contributed by atoms with E-state index in [4.69, 9.17) is 4.74 Å². The van der Waals surface area contributed by atoms with Crippen LogP contribution in [0.4, 0.5) is 4.79 Å². The highest BCUT2D eigenvalue weighted by Gasteiger charge is 2.13. The Bertz CT molecular complexity index is 636. The van der Waals surface area contributed by atoms with Gasteiger partial charge in [-0.3, -0.25) is 4.68 Å². The number of carbonyl (C=O) groups is 1. The van der Waals surface area contributed by atoms with Crippen molar-refractivity contribution in [1.29, 1.82) is 0 Å². The third-order valence-corrected chi connectivity index (χ3v) is 3.47. The third kappa shape index (κ3) is 5.32. The van der Waals surface area contributed by atoms with Gasteiger partial charge in [0, 0.05) is 18.8 Å². The number of urea groups is 1. The minimum atomic E-state index is -0.221. The van der Waals surface area contributed by atoms with E-state index in [2.05, 4.69) is 15.7 Å². The molecule has 6 heteroatoms. The lowest BCUT2D eigenvalue weighted by molar-refractivity contribution is 0.224. The zero-order valence-corrected chi connectivity index (χ0v) is 14.0. The van der Waals surface area contributed by atoms with E-state index < -0.39 is 0 Å². The fourth-order valence-electron chi connectivity index (χ4n) is 2.11. The van der Waals surface area contributed by atoms with Crippen molar-refractivity contribution >= 4 is 6.03 Å². The fraction of sp³-hybridized carbons (Fsp3) is 0.412. The second kappa shape index (κ2) is 7.67. The Morgan fingerprint density at radius 3 is 2.57 bits per heavy atom. The molecule has 6 nitrogen and oxygen atoms in total. The number of nitrogens with one attached hydrogen (secondary N) is 2. The van der Waals surface area contributed by atoms with Crippen LogP contribution in [0.2, 0.25) is 0 Å². The topological polar surface area (TPSA) is 68.2 Å². The predicted octanol–water partition coefficient (Wildman–Crippen LogP) is 2.56. The lowest BCUT2D eigenvalue weighted by atomic mass is 10.2. The van der Waals surface area contributed by atoms with Crippen LogP contribution in [0.5, 0.6) is 5.75 Å². The molecule has 2 unspecified atom stereocenters. The van der Waals surface area contributed by atoms with Crippen LogP contribution in [0, 0.1) is 6.92 Å². The van der Waals surface area contributed by atoms with E-state index in [1.54, 1.807) is 10.9 Å². The quantitative estimate of drug-likeness (QED) is 0.860. The van der Waals surface area contributed by atoms with Gasteiger partial charge in [0.2, 0.25) is 0 Å². The molecule has 2 N–H and O–H groups in total. The molecule has 0 saturated heterocycles. The Morgan fingerprint density at radius 2 is 1.96 bits per heavy atom. The molecular formula is C17H24N4O2. The van der Waals surface area contributed by atoms with E-state index in [0.717, 1.165) is 11.3 Å². The molecule has 1 aromatic heterocycles. The average molecular weight is 316 g/mol. The van der Waals surface area contributed by atoms with Gasteiger partial charge in [-0.2, -0.15) is 5.10 Å². The number of nitrogens with zero attached hydrogens (tertiary/aromatic N) is 2. The molecule has 0 aliphatic heterocycles. The molecule has 0 bridgehead atoms. The first kappa shape index (κ1) is 16.9. The fourth-order valence-corrected chi connectivity index (χ4v) is 2.11. The first-order chi connectivity index (χ1) is 10.9. The van der Waals surface area contributed by atoms with Crippen molar-refractivity contribution in [3.05, 3.63) is 47.8 Å². The van der Waals surface area contributed by atoms with Crippen LogP contribution < -0.4 is 15.4 Å². The summed E-state index contributed by atoms with van der Waals surface area (Å²) in [4.78, 5) is 12.0. The van der Waals surface area contributed by atoms with Gasteiger partial charge in [-0.1, -0.05) is 17.7 Å². The van der Waals surface area contributed by atoms with E-state index in [1.165, 1.54) is 5.56 Å². The number of hydrogen-bond acceptors (Lipinski definition) is 3. The second-order valence-corrected chi connectivity index (χ2v) is 5.81. The van der Waals surface area contributed by atoms with Crippen LogP contribution in [-0.2, 0) is 7.05 Å². The molecule has 23 heavy (non-hydrogen) atoms. The Hall–Kier alpha value is -2.50. The molecule has 2 amide bonds. The van der Waals surface area contributed by atoms with Gasteiger partial charge >= 0.3 is 6.03 Å². The van der Waals surface area contributed by atoms with Gasteiger partial charge < -0.3 is 15.4 Å². The van der Waals surface area contributed by atoms with Crippen LogP contribution in [0.15, 0.2) is 36.7 Å². The first-order valence-corrected chi connectivity index (χ1v) is 7.69. The second-order valence-electron chi connectivity index (χ2n) is 5.81. The van der Waals surface area contributed by atoms with Crippen molar-refractivity contribution in [3.63, 3.8) is 0 Å². The number of aromatic nitrogens is 2. The van der Waals surface area contributed by atoms with Crippen molar-refractivity contribution in [1.82, 2.24) is 20.4 Å². The molecule has 0 radical (unpaired) electrons. The molecule has 0 aliphatic rings. The zero-order valence-electron chi connectivity index (χ0n) is 14.0. The van der Waals surface area contributed by atoms with Crippen molar-refractivity contribution in [3.8, 4) is 5.75 Å². The van der Waals surface area contributed by atoms with Gasteiger partial charge in [-0.25, -0.2) is 4.79 Å². The highest BCUT2D eigenvalue weighted by molar-refractivity contribution is 5.74. The predicted molar refractivity (Wildman–Crippen MR) is 89.4 cm³/mol. The highest BCUT2D eigenvalue weighted by Crippen LogP contribution is 2.12.